The molecule has 0 unspecified atom stereocenters. The molecule has 0 spiro atoms. The van der Waals surface area contributed by atoms with Gasteiger partial charge in [-0.1, -0.05) is 117 Å². The molecule has 0 amide bonds. The summed E-state index contributed by atoms with van der Waals surface area (Å²) >= 11 is 0. The van der Waals surface area contributed by atoms with Crippen molar-refractivity contribution in [2.45, 2.75) is 19.3 Å². The fourth-order valence-corrected chi connectivity index (χ4v) is 5.60. The van der Waals surface area contributed by atoms with E-state index >= 15 is 0 Å². The molecule has 1 aromatic heterocycles. The zero-order valence-electron chi connectivity index (χ0n) is 20.8. The minimum absolute atomic E-state index is 0.0727. The fourth-order valence-electron chi connectivity index (χ4n) is 5.60. The van der Waals surface area contributed by atoms with E-state index < -0.39 is 0 Å². The lowest BCUT2D eigenvalue weighted by atomic mass is 9.81. The van der Waals surface area contributed by atoms with E-state index in [-0.39, 0.29) is 5.41 Å². The molecule has 0 radical (unpaired) electrons. The number of aromatic nitrogens is 3. The highest BCUT2D eigenvalue weighted by Gasteiger charge is 2.35. The molecule has 0 saturated heterocycles. The van der Waals surface area contributed by atoms with Crippen LogP contribution in [0.3, 0.4) is 0 Å². The van der Waals surface area contributed by atoms with E-state index in [2.05, 4.69) is 68.4 Å². The van der Waals surface area contributed by atoms with Crippen LogP contribution >= 0.6 is 0 Å². The van der Waals surface area contributed by atoms with Gasteiger partial charge in [-0.25, -0.2) is 15.0 Å². The summed E-state index contributed by atoms with van der Waals surface area (Å²) in [5, 5.41) is 2.35. The van der Waals surface area contributed by atoms with Crippen LogP contribution < -0.4 is 0 Å². The fraction of sp³-hybridized carbons (Fsp3) is 0.0882. The van der Waals surface area contributed by atoms with Gasteiger partial charge in [0.2, 0.25) is 0 Å². The van der Waals surface area contributed by atoms with E-state index in [0.717, 1.165) is 22.1 Å². The highest BCUT2D eigenvalue weighted by molar-refractivity contribution is 6.00. The summed E-state index contributed by atoms with van der Waals surface area (Å²) in [4.78, 5) is 14.9. The van der Waals surface area contributed by atoms with Crippen molar-refractivity contribution in [3.63, 3.8) is 0 Å². The van der Waals surface area contributed by atoms with Crippen molar-refractivity contribution < 1.29 is 0 Å². The maximum absolute atomic E-state index is 5.00. The molecule has 37 heavy (non-hydrogen) atoms. The minimum atomic E-state index is -0.0727. The van der Waals surface area contributed by atoms with E-state index in [0.29, 0.717) is 17.5 Å². The second kappa shape index (κ2) is 8.21. The lowest BCUT2D eigenvalue weighted by molar-refractivity contribution is 0.661. The molecule has 176 valence electrons. The average Bonchev–Trinajstić information content (AvgIpc) is 3.18. The van der Waals surface area contributed by atoms with Crippen molar-refractivity contribution in [2.75, 3.05) is 0 Å². The van der Waals surface area contributed by atoms with Crippen molar-refractivity contribution in [1.29, 1.82) is 0 Å². The zero-order valence-corrected chi connectivity index (χ0v) is 20.8. The summed E-state index contributed by atoms with van der Waals surface area (Å²) in [5.74, 6) is 2.04. The summed E-state index contributed by atoms with van der Waals surface area (Å²) in [5.41, 5.74) is 8.25. The molecule has 6 aromatic rings. The van der Waals surface area contributed by atoms with Crippen LogP contribution in [-0.4, -0.2) is 15.0 Å². The van der Waals surface area contributed by atoms with Crippen LogP contribution in [0.15, 0.2) is 115 Å². The van der Waals surface area contributed by atoms with Crippen molar-refractivity contribution in [3.05, 3.63) is 126 Å². The molecule has 7 rings (SSSR count). The van der Waals surface area contributed by atoms with E-state index in [1.165, 1.54) is 27.6 Å². The first-order chi connectivity index (χ1) is 18.1. The Balaban J connectivity index is 1.48. The lowest BCUT2D eigenvalue weighted by Gasteiger charge is -2.22. The first-order valence-corrected chi connectivity index (χ1v) is 12.6. The third kappa shape index (κ3) is 3.47. The summed E-state index contributed by atoms with van der Waals surface area (Å²) in [7, 11) is 0. The summed E-state index contributed by atoms with van der Waals surface area (Å²) in [6.07, 6.45) is 0. The van der Waals surface area contributed by atoms with E-state index in [1.807, 2.05) is 60.7 Å². The van der Waals surface area contributed by atoms with Crippen molar-refractivity contribution in [3.8, 4) is 45.3 Å². The van der Waals surface area contributed by atoms with Gasteiger partial charge >= 0.3 is 0 Å². The van der Waals surface area contributed by atoms with Crippen LogP contribution in [0.1, 0.15) is 25.0 Å². The Hall–Kier alpha value is -4.63. The smallest absolute Gasteiger partial charge is 0.164 e. The van der Waals surface area contributed by atoms with E-state index in [1.54, 1.807) is 0 Å². The second-order valence-corrected chi connectivity index (χ2v) is 10.1. The third-order valence-electron chi connectivity index (χ3n) is 7.52. The molecule has 0 N–H and O–H groups in total. The van der Waals surface area contributed by atoms with Crippen LogP contribution in [-0.2, 0) is 5.41 Å². The monoisotopic (exact) mass is 475 g/mol. The van der Waals surface area contributed by atoms with E-state index in [4.69, 9.17) is 15.0 Å². The normalized spacial score (nSPS) is 13.4. The second-order valence-electron chi connectivity index (χ2n) is 10.1. The van der Waals surface area contributed by atoms with Gasteiger partial charge in [0, 0.05) is 22.1 Å². The molecular weight excluding hydrogens is 450 g/mol. The zero-order chi connectivity index (χ0) is 25.0. The topological polar surface area (TPSA) is 38.7 Å². The molecule has 1 aliphatic carbocycles. The largest absolute Gasteiger partial charge is 0.208 e. The van der Waals surface area contributed by atoms with Gasteiger partial charge < -0.3 is 0 Å². The third-order valence-corrected chi connectivity index (χ3v) is 7.52. The molecule has 0 aliphatic heterocycles. The molecule has 0 bridgehead atoms. The molecule has 0 saturated carbocycles. The number of fused-ring (bicyclic) bond motifs is 4. The van der Waals surface area contributed by atoms with Gasteiger partial charge in [0.25, 0.3) is 0 Å². The molecule has 1 aliphatic rings. The Bertz CT molecular complexity index is 1730. The van der Waals surface area contributed by atoms with Crippen molar-refractivity contribution >= 4 is 10.8 Å². The van der Waals surface area contributed by atoms with Gasteiger partial charge in [-0.2, -0.15) is 0 Å². The van der Waals surface area contributed by atoms with Gasteiger partial charge in [0.15, 0.2) is 17.5 Å². The highest BCUT2D eigenvalue weighted by atomic mass is 15.0. The van der Waals surface area contributed by atoms with Crippen molar-refractivity contribution in [2.24, 2.45) is 0 Å². The minimum Gasteiger partial charge on any atom is -0.208 e. The maximum Gasteiger partial charge on any atom is 0.164 e. The van der Waals surface area contributed by atoms with Gasteiger partial charge in [0.05, 0.1) is 0 Å². The number of benzene rings is 5. The predicted molar refractivity (Wildman–Crippen MR) is 151 cm³/mol. The Kier molecular flexibility index (Phi) is 4.80. The Labute approximate surface area is 216 Å². The van der Waals surface area contributed by atoms with Gasteiger partial charge in [-0.3, -0.25) is 0 Å². The average molecular weight is 476 g/mol. The molecule has 3 heteroatoms. The molecule has 5 aromatic carbocycles. The number of hydrogen-bond acceptors (Lipinski definition) is 3. The molecule has 0 fully saturated rings. The first kappa shape index (κ1) is 21.6. The van der Waals surface area contributed by atoms with Crippen LogP contribution in [0.4, 0.5) is 0 Å². The standard InChI is InChI=1S/C34H25N3/c1-34(2)29-19-10-9-17-25(29)28-20-24-16-11-18-26(27(24)21-30(28)34)33-36-31(22-12-5-3-6-13-22)35-32(37-33)23-14-7-4-8-15-23/h3-21H,1-2H3. The van der Waals surface area contributed by atoms with Crippen LogP contribution in [0.2, 0.25) is 0 Å². The number of nitrogens with zero attached hydrogens (tertiary/aromatic N) is 3. The Morgan fingerprint density at radius 1 is 0.459 bits per heavy atom. The lowest BCUT2D eigenvalue weighted by Crippen LogP contribution is -2.14. The van der Waals surface area contributed by atoms with E-state index in [9.17, 15) is 0 Å². The summed E-state index contributed by atoms with van der Waals surface area (Å²) in [6.45, 7) is 4.63. The maximum atomic E-state index is 5.00. The van der Waals surface area contributed by atoms with Crippen molar-refractivity contribution in [1.82, 2.24) is 15.0 Å². The molecule has 0 atom stereocenters. The molecular formula is C34H25N3. The van der Waals surface area contributed by atoms with Crippen LogP contribution in [0, 0.1) is 0 Å². The van der Waals surface area contributed by atoms with Gasteiger partial charge in [-0.05, 0) is 45.2 Å². The quantitative estimate of drug-likeness (QED) is 0.258. The molecule has 3 nitrogen and oxygen atoms in total. The number of rotatable bonds is 3. The van der Waals surface area contributed by atoms with Crippen LogP contribution in [0.25, 0.3) is 56.1 Å². The van der Waals surface area contributed by atoms with Gasteiger partial charge in [0.1, 0.15) is 0 Å². The predicted octanol–water partition coefficient (Wildman–Crippen LogP) is 8.33. The van der Waals surface area contributed by atoms with Gasteiger partial charge in [-0.15, -0.1) is 0 Å². The summed E-state index contributed by atoms with van der Waals surface area (Å²) in [6, 6.07) is 40.1. The Morgan fingerprint density at radius 2 is 1.03 bits per heavy atom. The first-order valence-electron chi connectivity index (χ1n) is 12.6. The Morgan fingerprint density at radius 3 is 1.70 bits per heavy atom. The number of hydrogen-bond donors (Lipinski definition) is 0. The van der Waals surface area contributed by atoms with Crippen LogP contribution in [0.5, 0.6) is 0 Å². The SMILES string of the molecule is CC1(C)c2ccccc2-c2cc3cccc(-c4nc(-c5ccccc5)nc(-c5ccccc5)n4)c3cc21. The summed E-state index contributed by atoms with van der Waals surface area (Å²) < 4.78 is 0. The molecule has 1 heterocycles. The highest BCUT2D eigenvalue weighted by Crippen LogP contribution is 2.50.